The number of thiazole rings is 1. The number of carbonyl (C=O) groups is 2. The number of pyridine rings is 1. The molecule has 2 aliphatic heterocycles. The Morgan fingerprint density at radius 1 is 1.18 bits per heavy atom. The lowest BCUT2D eigenvalue weighted by Crippen LogP contribution is -2.47. The number of aliphatic hydroxyl groups is 1. The lowest BCUT2D eigenvalue weighted by molar-refractivity contribution is 0.0408. The van der Waals surface area contributed by atoms with Crippen molar-refractivity contribution in [3.63, 3.8) is 0 Å². The lowest BCUT2D eigenvalue weighted by atomic mass is 10.0. The summed E-state index contributed by atoms with van der Waals surface area (Å²) in [5.41, 5.74) is 0.996. The molecule has 34 heavy (non-hydrogen) atoms. The van der Waals surface area contributed by atoms with Gasteiger partial charge in [0.2, 0.25) is 0 Å². The van der Waals surface area contributed by atoms with E-state index in [9.17, 15) is 14.7 Å². The predicted octanol–water partition coefficient (Wildman–Crippen LogP) is 3.99. The van der Waals surface area contributed by atoms with Gasteiger partial charge in [0, 0.05) is 29.9 Å². The summed E-state index contributed by atoms with van der Waals surface area (Å²) in [6.45, 7) is 11.1. The van der Waals surface area contributed by atoms with E-state index in [0.29, 0.717) is 10.6 Å². The van der Waals surface area contributed by atoms with Gasteiger partial charge in [-0.05, 0) is 78.9 Å². The highest BCUT2D eigenvalue weighted by molar-refractivity contribution is 7.17. The van der Waals surface area contributed by atoms with Gasteiger partial charge in [-0.1, -0.05) is 0 Å². The van der Waals surface area contributed by atoms with Crippen molar-refractivity contribution in [3.05, 3.63) is 28.5 Å². The second-order valence-electron chi connectivity index (χ2n) is 10.4. The highest BCUT2D eigenvalue weighted by Gasteiger charge is 2.44. The van der Waals surface area contributed by atoms with E-state index in [0.717, 1.165) is 42.6 Å². The van der Waals surface area contributed by atoms with Crippen LogP contribution in [0.25, 0.3) is 10.4 Å². The van der Waals surface area contributed by atoms with Crippen LogP contribution in [0.2, 0.25) is 0 Å². The van der Waals surface area contributed by atoms with E-state index in [2.05, 4.69) is 34.4 Å². The average Bonchev–Trinajstić information content (AvgIpc) is 3.46. The van der Waals surface area contributed by atoms with Crippen molar-refractivity contribution in [1.29, 1.82) is 0 Å². The molecule has 8 nitrogen and oxygen atoms in total. The van der Waals surface area contributed by atoms with Crippen LogP contribution in [0.1, 0.15) is 86.2 Å². The van der Waals surface area contributed by atoms with E-state index in [1.165, 1.54) is 11.3 Å². The largest absolute Gasteiger partial charge is 0.388 e. The second kappa shape index (κ2) is 9.26. The fourth-order valence-electron chi connectivity index (χ4n) is 4.71. The minimum atomic E-state index is -1.08. The zero-order valence-corrected chi connectivity index (χ0v) is 21.6. The first-order chi connectivity index (χ1) is 16.0. The van der Waals surface area contributed by atoms with Crippen LogP contribution in [0.3, 0.4) is 0 Å². The van der Waals surface area contributed by atoms with E-state index in [4.69, 9.17) is 0 Å². The van der Waals surface area contributed by atoms with Gasteiger partial charge < -0.3 is 20.6 Å². The van der Waals surface area contributed by atoms with Gasteiger partial charge >= 0.3 is 0 Å². The summed E-state index contributed by atoms with van der Waals surface area (Å²) in [5, 5.41) is 16.6. The molecule has 1 atom stereocenters. The summed E-state index contributed by atoms with van der Waals surface area (Å²) in [5.74, 6) is 0.269. The van der Waals surface area contributed by atoms with Crippen molar-refractivity contribution < 1.29 is 14.7 Å². The van der Waals surface area contributed by atoms with E-state index < -0.39 is 17.6 Å². The monoisotopic (exact) mass is 485 g/mol. The van der Waals surface area contributed by atoms with Crippen molar-refractivity contribution in [3.8, 4) is 10.4 Å². The summed E-state index contributed by atoms with van der Waals surface area (Å²) in [6.07, 6.45) is 5.87. The SMILES string of the molecule is Cc1cc(NC(C)C)ncc1-c1sc(C(=O)N[C@H](C)C(C)(C)O)nc1C(=O)N1C2CCC1CC2. The third-order valence-corrected chi connectivity index (χ3v) is 8.00. The zero-order valence-electron chi connectivity index (χ0n) is 20.8. The molecule has 3 N–H and O–H groups in total. The number of hydrogen-bond donors (Lipinski definition) is 3. The third-order valence-electron chi connectivity index (χ3n) is 6.91. The number of rotatable bonds is 7. The maximum absolute atomic E-state index is 13.7. The number of hydrogen-bond acceptors (Lipinski definition) is 7. The molecule has 0 radical (unpaired) electrons. The van der Waals surface area contributed by atoms with Gasteiger partial charge in [-0.25, -0.2) is 9.97 Å². The molecular formula is C25H35N5O3S. The molecule has 2 aromatic heterocycles. The maximum atomic E-state index is 13.7. The number of nitrogens with zero attached hydrogens (tertiary/aromatic N) is 3. The van der Waals surface area contributed by atoms with Gasteiger partial charge in [0.1, 0.15) is 11.5 Å². The first kappa shape index (κ1) is 24.6. The van der Waals surface area contributed by atoms with Crippen LogP contribution in [-0.4, -0.2) is 61.6 Å². The molecule has 2 fully saturated rings. The van der Waals surface area contributed by atoms with Gasteiger partial charge in [0.25, 0.3) is 11.8 Å². The van der Waals surface area contributed by atoms with Crippen molar-refractivity contribution in [2.75, 3.05) is 5.32 Å². The Balaban J connectivity index is 1.72. The van der Waals surface area contributed by atoms with Crippen LogP contribution >= 0.6 is 11.3 Å². The molecule has 4 rings (SSSR count). The summed E-state index contributed by atoms with van der Waals surface area (Å²) >= 11 is 1.20. The molecule has 184 valence electrons. The Labute approximate surface area is 205 Å². The van der Waals surface area contributed by atoms with Crippen LogP contribution in [-0.2, 0) is 0 Å². The minimum Gasteiger partial charge on any atom is -0.388 e. The van der Waals surface area contributed by atoms with Crippen LogP contribution < -0.4 is 10.6 Å². The molecule has 0 saturated carbocycles. The van der Waals surface area contributed by atoms with E-state index in [-0.39, 0.29) is 29.0 Å². The number of fused-ring (bicyclic) bond motifs is 2. The molecule has 9 heteroatoms. The minimum absolute atomic E-state index is 0.102. The van der Waals surface area contributed by atoms with E-state index in [1.807, 2.05) is 17.9 Å². The van der Waals surface area contributed by atoms with E-state index >= 15 is 0 Å². The Hall–Kier alpha value is -2.52. The number of nitrogens with one attached hydrogen (secondary N) is 2. The highest BCUT2D eigenvalue weighted by atomic mass is 32.1. The number of anilines is 1. The fraction of sp³-hybridized carbons (Fsp3) is 0.600. The summed E-state index contributed by atoms with van der Waals surface area (Å²) < 4.78 is 0. The Morgan fingerprint density at radius 3 is 2.32 bits per heavy atom. The quantitative estimate of drug-likeness (QED) is 0.547. The molecule has 2 saturated heterocycles. The average molecular weight is 486 g/mol. The summed E-state index contributed by atoms with van der Waals surface area (Å²) in [4.78, 5) is 38.5. The first-order valence-corrected chi connectivity index (χ1v) is 12.9. The van der Waals surface area contributed by atoms with Crippen LogP contribution in [0.5, 0.6) is 0 Å². The number of carbonyl (C=O) groups excluding carboxylic acids is 2. The fourth-order valence-corrected chi connectivity index (χ4v) is 5.75. The molecule has 0 aromatic carbocycles. The van der Waals surface area contributed by atoms with Crippen molar-refractivity contribution >= 4 is 29.0 Å². The van der Waals surface area contributed by atoms with Gasteiger partial charge in [-0.3, -0.25) is 9.59 Å². The summed E-state index contributed by atoms with van der Waals surface area (Å²) in [6, 6.07) is 2.24. The number of aryl methyl sites for hydroxylation is 1. The lowest BCUT2D eigenvalue weighted by Gasteiger charge is -2.26. The molecule has 2 aliphatic rings. The van der Waals surface area contributed by atoms with Crippen LogP contribution in [0.15, 0.2) is 12.3 Å². The Morgan fingerprint density at radius 2 is 1.79 bits per heavy atom. The molecule has 2 bridgehead atoms. The molecule has 2 aromatic rings. The molecule has 0 spiro atoms. The van der Waals surface area contributed by atoms with Gasteiger partial charge in [-0.2, -0.15) is 0 Å². The van der Waals surface area contributed by atoms with E-state index in [1.54, 1.807) is 27.0 Å². The summed E-state index contributed by atoms with van der Waals surface area (Å²) in [7, 11) is 0. The van der Waals surface area contributed by atoms with Crippen molar-refractivity contribution in [1.82, 2.24) is 20.2 Å². The Bertz CT molecular complexity index is 1070. The molecule has 4 heterocycles. The predicted molar refractivity (Wildman–Crippen MR) is 134 cm³/mol. The smallest absolute Gasteiger partial charge is 0.280 e. The molecule has 0 unspecified atom stereocenters. The standard InChI is InChI=1S/C25H35N5O3S/c1-13(2)27-19-11-14(3)18(12-26-19)21-20(24(32)30-16-7-8-17(30)10-9-16)29-23(34-21)22(31)28-15(4)25(5,6)33/h11-13,15-17,33H,7-10H2,1-6H3,(H,26,27)(H,28,31)/t15-,16?,17?/m1/s1. The number of amides is 2. The van der Waals surface area contributed by atoms with Crippen molar-refractivity contribution in [2.24, 2.45) is 0 Å². The third kappa shape index (κ3) is 4.81. The Kier molecular flexibility index (Phi) is 6.70. The molecule has 2 amide bonds. The highest BCUT2D eigenvalue weighted by Crippen LogP contribution is 2.41. The zero-order chi connectivity index (χ0) is 24.8. The van der Waals surface area contributed by atoms with Crippen LogP contribution in [0.4, 0.5) is 5.82 Å². The second-order valence-corrected chi connectivity index (χ2v) is 11.4. The number of aromatic nitrogens is 2. The van der Waals surface area contributed by atoms with Gasteiger partial charge in [-0.15, -0.1) is 11.3 Å². The van der Waals surface area contributed by atoms with Gasteiger partial charge in [0.05, 0.1) is 16.5 Å². The normalized spacial score (nSPS) is 20.6. The van der Waals surface area contributed by atoms with Crippen molar-refractivity contribution in [2.45, 2.75) is 97.0 Å². The maximum Gasteiger partial charge on any atom is 0.280 e. The topological polar surface area (TPSA) is 107 Å². The molecular weight excluding hydrogens is 450 g/mol. The van der Waals surface area contributed by atoms with Gasteiger partial charge in [0.15, 0.2) is 5.01 Å². The molecule has 0 aliphatic carbocycles. The van der Waals surface area contributed by atoms with Crippen LogP contribution in [0, 0.1) is 6.92 Å². The first-order valence-electron chi connectivity index (χ1n) is 12.1.